The molecule has 1 N–H and O–H groups in total. The molecule has 25 heavy (non-hydrogen) atoms. The van der Waals surface area contributed by atoms with Gasteiger partial charge >= 0.3 is 5.97 Å². The third-order valence-electron chi connectivity index (χ3n) is 3.86. The van der Waals surface area contributed by atoms with E-state index in [9.17, 15) is 9.59 Å². The van der Waals surface area contributed by atoms with E-state index in [1.165, 1.54) is 24.2 Å². The maximum Gasteiger partial charge on any atom is 0.341 e. The van der Waals surface area contributed by atoms with Gasteiger partial charge in [-0.05, 0) is 43.8 Å². The summed E-state index contributed by atoms with van der Waals surface area (Å²) < 4.78 is 10.2. The summed E-state index contributed by atoms with van der Waals surface area (Å²) in [4.78, 5) is 25.8. The molecule has 1 aromatic heterocycles. The minimum atomic E-state index is -0.492. The van der Waals surface area contributed by atoms with E-state index in [1.807, 2.05) is 31.2 Å². The van der Waals surface area contributed by atoms with E-state index in [0.717, 1.165) is 11.3 Å². The van der Waals surface area contributed by atoms with E-state index in [2.05, 4.69) is 5.32 Å². The largest absolute Gasteiger partial charge is 0.465 e. The maximum atomic E-state index is 12.7. The topological polar surface area (TPSA) is 71.8 Å². The number of para-hydroxylation sites is 1. The fourth-order valence-corrected chi connectivity index (χ4v) is 2.89. The van der Waals surface area contributed by atoms with Crippen LogP contribution in [0.4, 0.5) is 5.69 Å². The van der Waals surface area contributed by atoms with Crippen LogP contribution >= 0.6 is 12.2 Å². The Bertz CT molecular complexity index is 914. The van der Waals surface area contributed by atoms with E-state index < -0.39 is 5.97 Å². The number of furan rings is 1. The molecule has 128 valence electrons. The van der Waals surface area contributed by atoms with Crippen molar-refractivity contribution in [2.24, 2.45) is 0 Å². The molecule has 0 aliphatic carbocycles. The van der Waals surface area contributed by atoms with Gasteiger partial charge in [0, 0.05) is 6.08 Å². The van der Waals surface area contributed by atoms with Gasteiger partial charge in [0.1, 0.15) is 22.8 Å². The minimum Gasteiger partial charge on any atom is -0.465 e. The van der Waals surface area contributed by atoms with E-state index in [0.29, 0.717) is 22.2 Å². The second kappa shape index (κ2) is 6.52. The number of hydrogen-bond donors (Lipinski definition) is 1. The Balaban J connectivity index is 1.94. The number of nitrogens with zero attached hydrogens (tertiary/aromatic N) is 1. The number of aryl methyl sites for hydroxylation is 2. The molecule has 1 amide bonds. The molecule has 0 radical (unpaired) electrons. The Hall–Kier alpha value is -2.93. The molecule has 2 aromatic rings. The predicted octanol–water partition coefficient (Wildman–Crippen LogP) is 2.95. The number of hydrogen-bond acceptors (Lipinski definition) is 5. The van der Waals surface area contributed by atoms with Gasteiger partial charge in [0.2, 0.25) is 0 Å². The average Bonchev–Trinajstić information content (AvgIpc) is 3.08. The molecule has 0 atom stereocenters. The Kier molecular flexibility index (Phi) is 4.41. The zero-order chi connectivity index (χ0) is 18.1. The summed E-state index contributed by atoms with van der Waals surface area (Å²) in [5.41, 5.74) is 2.25. The van der Waals surface area contributed by atoms with Crippen LogP contribution in [0.1, 0.15) is 27.4 Å². The van der Waals surface area contributed by atoms with Crippen molar-refractivity contribution in [3.63, 3.8) is 0 Å². The molecule has 0 saturated carbocycles. The molecule has 1 saturated heterocycles. The lowest BCUT2D eigenvalue weighted by Crippen LogP contribution is -2.30. The van der Waals surface area contributed by atoms with Crippen molar-refractivity contribution in [2.45, 2.75) is 13.8 Å². The van der Waals surface area contributed by atoms with Gasteiger partial charge in [0.25, 0.3) is 5.91 Å². The van der Waals surface area contributed by atoms with Crippen LogP contribution in [0.2, 0.25) is 0 Å². The summed E-state index contributed by atoms with van der Waals surface area (Å²) in [6.07, 6.45) is 1.52. The molecule has 1 aliphatic heterocycles. The lowest BCUT2D eigenvalue weighted by Gasteiger charge is -2.16. The van der Waals surface area contributed by atoms with Gasteiger partial charge in [-0.15, -0.1) is 0 Å². The quantitative estimate of drug-likeness (QED) is 0.518. The van der Waals surface area contributed by atoms with Crippen LogP contribution < -0.4 is 10.2 Å². The monoisotopic (exact) mass is 356 g/mol. The van der Waals surface area contributed by atoms with Crippen molar-refractivity contribution in [3.05, 3.63) is 58.7 Å². The summed E-state index contributed by atoms with van der Waals surface area (Å²) in [6, 6.07) is 9.01. The second-order valence-electron chi connectivity index (χ2n) is 5.53. The first-order valence-corrected chi connectivity index (χ1v) is 7.94. The number of carbonyl (C=O) groups excluding carboxylic acids is 2. The summed E-state index contributed by atoms with van der Waals surface area (Å²) in [6.45, 7) is 3.56. The average molecular weight is 356 g/mol. The SMILES string of the molecule is COC(=O)c1cc(/C=C2\NC(=S)N(c3ccccc3C)C2=O)oc1C. The van der Waals surface area contributed by atoms with Gasteiger partial charge < -0.3 is 14.5 Å². The van der Waals surface area contributed by atoms with Crippen LogP contribution in [0.15, 0.2) is 40.4 Å². The number of esters is 1. The van der Waals surface area contributed by atoms with E-state index in [1.54, 1.807) is 6.92 Å². The zero-order valence-corrected chi connectivity index (χ0v) is 14.8. The fourth-order valence-electron chi connectivity index (χ4n) is 2.60. The van der Waals surface area contributed by atoms with Crippen LogP contribution in [0.25, 0.3) is 6.08 Å². The van der Waals surface area contributed by atoms with Gasteiger partial charge in [-0.3, -0.25) is 9.69 Å². The van der Waals surface area contributed by atoms with Gasteiger partial charge in [0.15, 0.2) is 5.11 Å². The Morgan fingerprint density at radius 2 is 2.04 bits per heavy atom. The highest BCUT2D eigenvalue weighted by atomic mass is 32.1. The number of ether oxygens (including phenoxy) is 1. The van der Waals surface area contributed by atoms with Crippen molar-refractivity contribution in [1.82, 2.24) is 5.32 Å². The van der Waals surface area contributed by atoms with Crippen LogP contribution in [-0.2, 0) is 9.53 Å². The molecule has 0 spiro atoms. The van der Waals surface area contributed by atoms with Crippen molar-refractivity contribution in [3.8, 4) is 0 Å². The molecule has 1 aromatic carbocycles. The highest BCUT2D eigenvalue weighted by Gasteiger charge is 2.33. The van der Waals surface area contributed by atoms with Gasteiger partial charge in [-0.2, -0.15) is 0 Å². The maximum absolute atomic E-state index is 12.7. The number of benzene rings is 1. The molecular formula is C18H16N2O4S. The first-order chi connectivity index (χ1) is 11.9. The molecule has 0 bridgehead atoms. The number of carbonyl (C=O) groups is 2. The van der Waals surface area contributed by atoms with Crippen LogP contribution in [0.3, 0.4) is 0 Å². The third-order valence-corrected chi connectivity index (χ3v) is 4.15. The number of methoxy groups -OCH3 is 1. The number of nitrogens with one attached hydrogen (secondary N) is 1. The highest BCUT2D eigenvalue weighted by molar-refractivity contribution is 7.80. The van der Waals surface area contributed by atoms with Gasteiger partial charge in [0.05, 0.1) is 12.8 Å². The van der Waals surface area contributed by atoms with E-state index in [4.69, 9.17) is 21.4 Å². The summed E-state index contributed by atoms with van der Waals surface area (Å²) in [5.74, 6) is 0.00676. The molecule has 1 aliphatic rings. The lowest BCUT2D eigenvalue weighted by molar-refractivity contribution is -0.113. The Morgan fingerprint density at radius 1 is 1.32 bits per heavy atom. The normalized spacial score (nSPS) is 15.6. The fraction of sp³-hybridized carbons (Fsp3) is 0.167. The lowest BCUT2D eigenvalue weighted by atomic mass is 10.2. The smallest absolute Gasteiger partial charge is 0.341 e. The molecule has 3 rings (SSSR count). The van der Waals surface area contributed by atoms with E-state index in [-0.39, 0.29) is 11.6 Å². The number of thiocarbonyl (C=S) groups is 1. The number of amides is 1. The molecule has 2 heterocycles. The zero-order valence-electron chi connectivity index (χ0n) is 14.0. The first-order valence-electron chi connectivity index (χ1n) is 7.54. The summed E-state index contributed by atoms with van der Waals surface area (Å²) in [7, 11) is 1.30. The molecule has 6 nitrogen and oxygen atoms in total. The molecular weight excluding hydrogens is 340 g/mol. The van der Waals surface area contributed by atoms with Crippen molar-refractivity contribution >= 4 is 41.0 Å². The predicted molar refractivity (Wildman–Crippen MR) is 97.2 cm³/mol. The minimum absolute atomic E-state index is 0.276. The van der Waals surface area contributed by atoms with Crippen LogP contribution in [-0.4, -0.2) is 24.1 Å². The second-order valence-corrected chi connectivity index (χ2v) is 5.91. The number of anilines is 1. The highest BCUT2D eigenvalue weighted by Crippen LogP contribution is 2.26. The van der Waals surface area contributed by atoms with Crippen LogP contribution in [0.5, 0.6) is 0 Å². The summed E-state index contributed by atoms with van der Waals surface area (Å²) in [5, 5.41) is 3.19. The molecule has 7 heteroatoms. The van der Waals surface area contributed by atoms with Crippen molar-refractivity contribution in [2.75, 3.05) is 12.0 Å². The van der Waals surface area contributed by atoms with E-state index >= 15 is 0 Å². The first kappa shape index (κ1) is 16.9. The molecule has 0 unspecified atom stereocenters. The van der Waals surface area contributed by atoms with Gasteiger partial charge in [-0.25, -0.2) is 4.79 Å². The standard InChI is InChI=1S/C18H16N2O4S/c1-10-6-4-5-7-15(10)20-16(21)14(19-18(20)25)9-12-8-13(11(2)24-12)17(22)23-3/h4-9H,1-3H3,(H,19,25)/b14-9-. The van der Waals surface area contributed by atoms with Crippen LogP contribution in [0, 0.1) is 13.8 Å². The van der Waals surface area contributed by atoms with Crippen molar-refractivity contribution in [1.29, 1.82) is 0 Å². The Labute approximate surface area is 150 Å². The third kappa shape index (κ3) is 3.06. The molecule has 1 fully saturated rings. The van der Waals surface area contributed by atoms with Crippen molar-refractivity contribution < 1.29 is 18.7 Å². The number of rotatable bonds is 3. The summed E-state index contributed by atoms with van der Waals surface area (Å²) >= 11 is 5.29. The van der Waals surface area contributed by atoms with Gasteiger partial charge in [-0.1, -0.05) is 18.2 Å². The Morgan fingerprint density at radius 3 is 2.72 bits per heavy atom.